The van der Waals surface area contributed by atoms with Crippen LogP contribution in [0.15, 0.2) is 18.6 Å². The monoisotopic (exact) mass is 362 g/mol. The Morgan fingerprint density at radius 1 is 1.32 bits per heavy atom. The second-order valence-corrected chi connectivity index (χ2v) is 6.55. The average Bonchev–Trinajstić information content (AvgIpc) is 3.13. The van der Waals surface area contributed by atoms with E-state index < -0.39 is 5.91 Å². The molecule has 3 N–H and O–H groups in total. The average molecular weight is 362 g/mol. The molecule has 9 nitrogen and oxygen atoms in total. The Kier molecular flexibility index (Phi) is 5.19. The van der Waals surface area contributed by atoms with E-state index >= 15 is 0 Å². The lowest BCUT2D eigenvalue weighted by Gasteiger charge is -2.27. The van der Waals surface area contributed by atoms with Crippen LogP contribution in [-0.2, 0) is 4.74 Å². The number of nitrogens with two attached hydrogens (primary N) is 1. The number of nitrogens with one attached hydrogen (secondary N) is 1. The smallest absolute Gasteiger partial charge is 0.270 e. The zero-order valence-electron chi connectivity index (χ0n) is 13.6. The molecule has 132 valence electrons. The van der Waals surface area contributed by atoms with Crippen LogP contribution >= 0.6 is 11.3 Å². The van der Waals surface area contributed by atoms with Gasteiger partial charge in [0.05, 0.1) is 25.5 Å². The number of primary amides is 1. The molecule has 1 fully saturated rings. The summed E-state index contributed by atoms with van der Waals surface area (Å²) in [6, 6.07) is 1.29. The largest absolute Gasteiger partial charge is 0.378 e. The van der Waals surface area contributed by atoms with E-state index in [9.17, 15) is 9.59 Å². The first-order chi connectivity index (χ1) is 12.0. The highest BCUT2D eigenvalue weighted by Gasteiger charge is 2.19. The van der Waals surface area contributed by atoms with Crippen LogP contribution in [-0.4, -0.2) is 53.1 Å². The molecule has 25 heavy (non-hydrogen) atoms. The van der Waals surface area contributed by atoms with Crippen molar-refractivity contribution in [3.8, 4) is 0 Å². The van der Waals surface area contributed by atoms with Gasteiger partial charge in [0, 0.05) is 19.2 Å². The maximum absolute atomic E-state index is 12.4. The minimum atomic E-state index is -0.534. The van der Waals surface area contributed by atoms with Crippen LogP contribution in [0.5, 0.6) is 0 Å². The first-order valence-electron chi connectivity index (χ1n) is 7.75. The topological polar surface area (TPSA) is 123 Å². The number of carbonyl (C=O) groups is 2. The normalized spacial score (nSPS) is 15.6. The highest BCUT2D eigenvalue weighted by molar-refractivity contribution is 7.13. The first-order valence-corrected chi connectivity index (χ1v) is 8.57. The Labute approximate surface area is 148 Å². The van der Waals surface area contributed by atoms with Crippen molar-refractivity contribution in [1.29, 1.82) is 0 Å². The van der Waals surface area contributed by atoms with Crippen molar-refractivity contribution in [1.82, 2.24) is 20.3 Å². The molecule has 1 aliphatic rings. The van der Waals surface area contributed by atoms with Crippen molar-refractivity contribution in [2.75, 3.05) is 31.2 Å². The summed E-state index contributed by atoms with van der Waals surface area (Å²) >= 11 is 1.16. The lowest BCUT2D eigenvalue weighted by molar-refractivity contribution is 0.0933. The van der Waals surface area contributed by atoms with Crippen molar-refractivity contribution in [3.63, 3.8) is 0 Å². The Morgan fingerprint density at radius 3 is 2.76 bits per heavy atom. The van der Waals surface area contributed by atoms with Gasteiger partial charge in [-0.05, 0) is 6.92 Å². The summed E-state index contributed by atoms with van der Waals surface area (Å²) in [5.41, 5.74) is 5.49. The molecule has 0 saturated carbocycles. The SMILES string of the molecule is CC(NC(=O)c1cc(N2CCOCC2)ncn1)c1ncc(C(N)=O)s1. The molecule has 2 amide bonds. The predicted molar refractivity (Wildman–Crippen MR) is 91.6 cm³/mol. The predicted octanol–water partition coefficient (Wildman–Crippen LogP) is 0.360. The maximum Gasteiger partial charge on any atom is 0.270 e. The highest BCUT2D eigenvalue weighted by Crippen LogP contribution is 2.20. The van der Waals surface area contributed by atoms with E-state index in [1.165, 1.54) is 12.5 Å². The molecule has 2 aromatic heterocycles. The van der Waals surface area contributed by atoms with E-state index in [0.29, 0.717) is 28.9 Å². The maximum atomic E-state index is 12.4. The molecule has 0 bridgehead atoms. The fourth-order valence-electron chi connectivity index (χ4n) is 2.37. The van der Waals surface area contributed by atoms with Crippen molar-refractivity contribution < 1.29 is 14.3 Å². The van der Waals surface area contributed by atoms with Crippen LogP contribution in [0.25, 0.3) is 0 Å². The van der Waals surface area contributed by atoms with E-state index in [4.69, 9.17) is 10.5 Å². The lowest BCUT2D eigenvalue weighted by Crippen LogP contribution is -2.37. The zero-order valence-corrected chi connectivity index (χ0v) is 14.5. The molecule has 3 heterocycles. The molecule has 10 heteroatoms. The summed E-state index contributed by atoms with van der Waals surface area (Å²) in [7, 11) is 0. The number of morpholine rings is 1. The van der Waals surface area contributed by atoms with Gasteiger partial charge in [0.1, 0.15) is 27.7 Å². The molecular formula is C15H18N6O3S. The van der Waals surface area contributed by atoms with Gasteiger partial charge in [0.15, 0.2) is 0 Å². The van der Waals surface area contributed by atoms with Crippen molar-refractivity contribution in [2.24, 2.45) is 5.73 Å². The van der Waals surface area contributed by atoms with Crippen LogP contribution in [0.2, 0.25) is 0 Å². The van der Waals surface area contributed by atoms with Crippen LogP contribution in [0.1, 0.15) is 38.1 Å². The van der Waals surface area contributed by atoms with Crippen LogP contribution in [0.4, 0.5) is 5.82 Å². The van der Waals surface area contributed by atoms with Gasteiger partial charge in [-0.3, -0.25) is 9.59 Å². The summed E-state index contributed by atoms with van der Waals surface area (Å²) in [6.45, 7) is 4.50. The van der Waals surface area contributed by atoms with Gasteiger partial charge < -0.3 is 20.7 Å². The van der Waals surface area contributed by atoms with Crippen molar-refractivity contribution in [2.45, 2.75) is 13.0 Å². The molecule has 2 aromatic rings. The quantitative estimate of drug-likeness (QED) is 0.787. The first kappa shape index (κ1) is 17.2. The third kappa shape index (κ3) is 4.09. The number of nitrogens with zero attached hydrogens (tertiary/aromatic N) is 4. The van der Waals surface area contributed by atoms with E-state index in [0.717, 1.165) is 24.4 Å². The minimum absolute atomic E-state index is 0.273. The van der Waals surface area contributed by atoms with Gasteiger partial charge in [-0.25, -0.2) is 15.0 Å². The Bertz CT molecular complexity index is 774. The summed E-state index contributed by atoms with van der Waals surface area (Å²) in [4.78, 5) is 38.4. The zero-order chi connectivity index (χ0) is 17.8. The molecular weight excluding hydrogens is 344 g/mol. The molecule has 0 radical (unpaired) electrons. The summed E-state index contributed by atoms with van der Waals surface area (Å²) in [6.07, 6.45) is 2.78. The minimum Gasteiger partial charge on any atom is -0.378 e. The molecule has 1 saturated heterocycles. The summed E-state index contributed by atoms with van der Waals surface area (Å²) in [5, 5.41) is 3.42. The Balaban J connectivity index is 1.68. The fraction of sp³-hybridized carbons (Fsp3) is 0.400. The van der Waals surface area contributed by atoms with Crippen LogP contribution in [0.3, 0.4) is 0 Å². The standard InChI is InChI=1S/C15H18N6O3S/c1-9(15-17-7-11(25-15)13(16)22)20-14(23)10-6-12(19-8-18-10)21-2-4-24-5-3-21/h6-9H,2-5H2,1H3,(H2,16,22)(H,20,23). The van der Waals surface area contributed by atoms with Crippen LogP contribution in [0, 0.1) is 0 Å². The lowest BCUT2D eigenvalue weighted by atomic mass is 10.3. The molecule has 1 aliphatic heterocycles. The molecule has 0 spiro atoms. The van der Waals surface area contributed by atoms with E-state index in [-0.39, 0.29) is 17.6 Å². The van der Waals surface area contributed by atoms with Crippen LogP contribution < -0.4 is 16.0 Å². The third-order valence-corrected chi connectivity index (χ3v) is 4.90. The number of carbonyl (C=O) groups excluding carboxylic acids is 2. The van der Waals surface area contributed by atoms with E-state index in [1.54, 1.807) is 13.0 Å². The third-order valence-electron chi connectivity index (χ3n) is 3.70. The number of thiazole rings is 1. The molecule has 0 aliphatic carbocycles. The number of rotatable bonds is 5. The number of amides is 2. The summed E-state index contributed by atoms with van der Waals surface area (Å²) in [5.74, 6) is -0.171. The molecule has 3 rings (SSSR count). The second kappa shape index (κ2) is 7.53. The second-order valence-electron chi connectivity index (χ2n) is 5.48. The fourth-order valence-corrected chi connectivity index (χ4v) is 3.14. The van der Waals surface area contributed by atoms with E-state index in [1.807, 2.05) is 4.90 Å². The number of anilines is 1. The number of hydrogen-bond acceptors (Lipinski definition) is 8. The van der Waals surface area contributed by atoms with Gasteiger partial charge in [-0.1, -0.05) is 0 Å². The number of hydrogen-bond donors (Lipinski definition) is 2. The molecule has 1 unspecified atom stereocenters. The van der Waals surface area contributed by atoms with Crippen molar-refractivity contribution >= 4 is 29.0 Å². The van der Waals surface area contributed by atoms with Gasteiger partial charge in [0.2, 0.25) is 0 Å². The molecule has 1 atom stereocenters. The van der Waals surface area contributed by atoms with Gasteiger partial charge in [0.25, 0.3) is 11.8 Å². The van der Waals surface area contributed by atoms with E-state index in [2.05, 4.69) is 20.3 Å². The highest BCUT2D eigenvalue weighted by atomic mass is 32.1. The number of aromatic nitrogens is 3. The Morgan fingerprint density at radius 2 is 2.08 bits per heavy atom. The number of ether oxygens (including phenoxy) is 1. The Hall–Kier alpha value is -2.59. The van der Waals surface area contributed by atoms with Crippen molar-refractivity contribution in [3.05, 3.63) is 34.2 Å². The summed E-state index contributed by atoms with van der Waals surface area (Å²) < 4.78 is 5.32. The van der Waals surface area contributed by atoms with Gasteiger partial charge in [-0.15, -0.1) is 11.3 Å². The molecule has 0 aromatic carbocycles. The van der Waals surface area contributed by atoms with Gasteiger partial charge >= 0.3 is 0 Å². The van der Waals surface area contributed by atoms with Gasteiger partial charge in [-0.2, -0.15) is 0 Å².